The van der Waals surface area contributed by atoms with E-state index in [1.807, 2.05) is 42.5 Å². The largest absolute Gasteiger partial charge is 0.466 e. The predicted molar refractivity (Wildman–Crippen MR) is 152 cm³/mol. The molecule has 0 saturated carbocycles. The summed E-state index contributed by atoms with van der Waals surface area (Å²) in [6.07, 6.45) is 1.57. The van der Waals surface area contributed by atoms with Crippen LogP contribution in [0.4, 0.5) is 5.82 Å². The summed E-state index contributed by atoms with van der Waals surface area (Å²) < 4.78 is 5.17. The van der Waals surface area contributed by atoms with E-state index in [2.05, 4.69) is 36.9 Å². The number of hydrogen-bond donors (Lipinski definition) is 0. The van der Waals surface area contributed by atoms with Gasteiger partial charge in [0.05, 0.1) is 18.2 Å². The maximum atomic E-state index is 13.1. The molecule has 1 fully saturated rings. The number of anilines is 1. The first-order chi connectivity index (χ1) is 18.5. The molecule has 1 aromatic heterocycles. The fourth-order valence-electron chi connectivity index (χ4n) is 4.63. The molecule has 3 aromatic rings. The summed E-state index contributed by atoms with van der Waals surface area (Å²) in [5.41, 5.74) is 3.70. The Balaban J connectivity index is 1.44. The number of esters is 1. The van der Waals surface area contributed by atoms with Crippen LogP contribution in [-0.2, 0) is 15.3 Å². The number of amides is 1. The third-order valence-electron chi connectivity index (χ3n) is 6.75. The first-order valence-electron chi connectivity index (χ1n) is 13.4. The average Bonchev–Trinajstić information content (AvgIpc) is 2.97. The monoisotopic (exact) mass is 532 g/mol. The highest BCUT2D eigenvalue weighted by Crippen LogP contribution is 2.28. The van der Waals surface area contributed by atoms with Crippen LogP contribution in [-0.4, -0.2) is 59.5 Å². The third kappa shape index (κ3) is 6.92. The van der Waals surface area contributed by atoms with E-state index in [1.54, 1.807) is 23.6 Å². The maximum Gasteiger partial charge on any atom is 0.310 e. The molecule has 1 saturated heterocycles. The molecule has 0 bridgehead atoms. The van der Waals surface area contributed by atoms with Crippen LogP contribution in [0.2, 0.25) is 0 Å². The van der Waals surface area contributed by atoms with Crippen molar-refractivity contribution in [2.45, 2.75) is 44.5 Å². The van der Waals surface area contributed by atoms with E-state index in [4.69, 9.17) is 14.7 Å². The van der Waals surface area contributed by atoms with E-state index in [0.717, 1.165) is 53.7 Å². The Bertz CT molecular complexity index is 1220. The summed E-state index contributed by atoms with van der Waals surface area (Å²) in [4.78, 5) is 38.9. The highest BCUT2D eigenvalue weighted by Gasteiger charge is 2.29. The molecule has 8 heteroatoms. The van der Waals surface area contributed by atoms with Gasteiger partial charge in [0, 0.05) is 49.1 Å². The number of nitrogens with zero attached hydrogens (tertiary/aromatic N) is 4. The Morgan fingerprint density at radius 3 is 2.45 bits per heavy atom. The van der Waals surface area contributed by atoms with E-state index in [0.29, 0.717) is 31.0 Å². The molecule has 1 atom stereocenters. The van der Waals surface area contributed by atoms with Gasteiger partial charge in [-0.25, -0.2) is 9.97 Å². The minimum Gasteiger partial charge on any atom is -0.466 e. The summed E-state index contributed by atoms with van der Waals surface area (Å²) in [6.45, 7) is 9.25. The van der Waals surface area contributed by atoms with E-state index >= 15 is 0 Å². The third-order valence-corrected chi connectivity index (χ3v) is 7.66. The van der Waals surface area contributed by atoms with Crippen LogP contribution in [0.3, 0.4) is 0 Å². The first-order valence-corrected chi connectivity index (χ1v) is 14.4. The molecule has 200 valence electrons. The number of hydrogen-bond acceptors (Lipinski definition) is 7. The smallest absolute Gasteiger partial charge is 0.310 e. The van der Waals surface area contributed by atoms with E-state index in [-0.39, 0.29) is 17.8 Å². The van der Waals surface area contributed by atoms with Crippen LogP contribution < -0.4 is 4.90 Å². The van der Waals surface area contributed by atoms with Gasteiger partial charge in [-0.2, -0.15) is 0 Å². The zero-order valence-electron chi connectivity index (χ0n) is 22.4. The van der Waals surface area contributed by atoms with Crippen LogP contribution in [0.5, 0.6) is 0 Å². The molecule has 1 unspecified atom stereocenters. The lowest BCUT2D eigenvalue weighted by molar-refractivity contribution is -0.149. The quantitative estimate of drug-likeness (QED) is 0.188. The molecule has 1 aliphatic heterocycles. The van der Waals surface area contributed by atoms with Gasteiger partial charge < -0.3 is 14.5 Å². The number of aromatic nitrogens is 2. The van der Waals surface area contributed by atoms with E-state index < -0.39 is 0 Å². The lowest BCUT2D eigenvalue weighted by Crippen LogP contribution is -2.42. The Labute approximate surface area is 229 Å². The van der Waals surface area contributed by atoms with Crippen LogP contribution in [0.15, 0.2) is 65.8 Å². The normalized spacial score (nSPS) is 15.2. The molecule has 7 nitrogen and oxygen atoms in total. The number of carbonyl (C=O) groups is 2. The lowest BCUT2D eigenvalue weighted by atomic mass is 9.97. The predicted octanol–water partition coefficient (Wildman–Crippen LogP) is 5.70. The second-order valence-corrected chi connectivity index (χ2v) is 10.2. The van der Waals surface area contributed by atoms with Crippen molar-refractivity contribution in [2.75, 3.05) is 37.7 Å². The minimum atomic E-state index is -0.240. The lowest BCUT2D eigenvalue weighted by Gasteiger charge is -2.31. The second kappa shape index (κ2) is 13.4. The van der Waals surface area contributed by atoms with Crippen molar-refractivity contribution in [2.24, 2.45) is 5.92 Å². The molecular weight excluding hydrogens is 496 g/mol. The Morgan fingerprint density at radius 2 is 1.76 bits per heavy atom. The number of likely N-dealkylation sites (tertiary alicyclic amines) is 1. The van der Waals surface area contributed by atoms with Gasteiger partial charge in [0.15, 0.2) is 5.16 Å². The van der Waals surface area contributed by atoms with Gasteiger partial charge in [-0.15, -0.1) is 0 Å². The number of carbonyl (C=O) groups excluding carboxylic acids is 2. The zero-order chi connectivity index (χ0) is 26.9. The summed E-state index contributed by atoms with van der Waals surface area (Å²) in [7, 11) is 0. The van der Waals surface area contributed by atoms with Crippen molar-refractivity contribution in [1.82, 2.24) is 14.9 Å². The zero-order valence-corrected chi connectivity index (χ0v) is 23.2. The van der Waals surface area contributed by atoms with Gasteiger partial charge in [0.2, 0.25) is 0 Å². The minimum absolute atomic E-state index is 0.0408. The summed E-state index contributed by atoms with van der Waals surface area (Å²) in [6, 6.07) is 19.9. The molecule has 38 heavy (non-hydrogen) atoms. The van der Waals surface area contributed by atoms with Crippen molar-refractivity contribution in [3.63, 3.8) is 0 Å². The maximum absolute atomic E-state index is 13.1. The fourth-order valence-corrected chi connectivity index (χ4v) is 5.44. The molecule has 0 aliphatic carbocycles. The van der Waals surface area contributed by atoms with Crippen molar-refractivity contribution < 1.29 is 14.3 Å². The van der Waals surface area contributed by atoms with Crippen molar-refractivity contribution in [1.29, 1.82) is 0 Å². The van der Waals surface area contributed by atoms with E-state index in [9.17, 15) is 9.59 Å². The highest BCUT2D eigenvalue weighted by atomic mass is 32.2. The van der Waals surface area contributed by atoms with E-state index in [1.165, 1.54) is 0 Å². The molecule has 0 radical (unpaired) electrons. The van der Waals surface area contributed by atoms with Crippen LogP contribution in [0.1, 0.15) is 49.5 Å². The van der Waals surface area contributed by atoms with Crippen molar-refractivity contribution >= 4 is 29.5 Å². The van der Waals surface area contributed by atoms with Crippen LogP contribution in [0.25, 0.3) is 11.3 Å². The van der Waals surface area contributed by atoms with Gasteiger partial charge in [0.25, 0.3) is 5.91 Å². The first kappa shape index (κ1) is 27.6. The molecule has 0 spiro atoms. The Morgan fingerprint density at radius 1 is 1.03 bits per heavy atom. The fraction of sp³-hybridized carbons (Fsp3) is 0.400. The SMILES string of the molecule is CCOC(=O)C1CCCN(C(=O)c2ccc(CSc3nc(-c4ccccc4)cc(N(CC)CC)n3)cc2)C1. The molecule has 2 aromatic carbocycles. The molecule has 1 aliphatic rings. The summed E-state index contributed by atoms with van der Waals surface area (Å²) in [5.74, 6) is 1.13. The number of thioether (sulfide) groups is 1. The molecule has 2 heterocycles. The van der Waals surface area contributed by atoms with Crippen LogP contribution >= 0.6 is 11.8 Å². The number of benzene rings is 2. The summed E-state index contributed by atoms with van der Waals surface area (Å²) >= 11 is 1.59. The molecular formula is C30H36N4O3S. The average molecular weight is 533 g/mol. The molecule has 1 amide bonds. The number of rotatable bonds is 10. The van der Waals surface area contributed by atoms with Crippen molar-refractivity contribution in [3.8, 4) is 11.3 Å². The van der Waals surface area contributed by atoms with Gasteiger partial charge in [0.1, 0.15) is 5.82 Å². The second-order valence-electron chi connectivity index (χ2n) is 9.26. The Hall–Kier alpha value is -3.39. The number of ether oxygens (including phenoxy) is 1. The van der Waals surface area contributed by atoms with Crippen molar-refractivity contribution in [3.05, 3.63) is 71.8 Å². The van der Waals surface area contributed by atoms with Gasteiger partial charge in [-0.3, -0.25) is 9.59 Å². The molecule has 0 N–H and O–H groups in total. The van der Waals surface area contributed by atoms with Gasteiger partial charge >= 0.3 is 5.97 Å². The van der Waals surface area contributed by atoms with Gasteiger partial charge in [-0.1, -0.05) is 54.2 Å². The number of piperidine rings is 1. The van der Waals surface area contributed by atoms with Gasteiger partial charge in [-0.05, 0) is 51.3 Å². The molecule has 4 rings (SSSR count). The highest BCUT2D eigenvalue weighted by molar-refractivity contribution is 7.98. The topological polar surface area (TPSA) is 75.6 Å². The van der Waals surface area contributed by atoms with Crippen LogP contribution in [0, 0.1) is 5.92 Å². The summed E-state index contributed by atoms with van der Waals surface area (Å²) in [5, 5.41) is 0.728. The Kier molecular flexibility index (Phi) is 9.76. The standard InChI is InChI=1S/C30H36N4O3S/c1-4-33(5-2)27-19-26(23-11-8-7-9-12-23)31-30(32-27)38-21-22-14-16-24(17-15-22)28(35)34-18-10-13-25(20-34)29(36)37-6-3/h7-9,11-12,14-17,19,25H,4-6,10,13,18,20-21H2,1-3H3.